The fourth-order valence-electron chi connectivity index (χ4n) is 1.68. The van der Waals surface area contributed by atoms with Crippen LogP contribution in [0.2, 0.25) is 5.02 Å². The molecule has 0 aliphatic heterocycles. The molecule has 0 bridgehead atoms. The molecule has 0 radical (unpaired) electrons. The molecule has 1 atom stereocenters. The van der Waals surface area contributed by atoms with Crippen LogP contribution < -0.4 is 10.6 Å². The van der Waals surface area contributed by atoms with E-state index in [-0.39, 0.29) is 6.04 Å². The summed E-state index contributed by atoms with van der Waals surface area (Å²) in [5.41, 5.74) is 7.54. The molecule has 18 heavy (non-hydrogen) atoms. The summed E-state index contributed by atoms with van der Waals surface area (Å²) in [6, 6.07) is 7.62. The normalized spacial score (nSPS) is 12.3. The van der Waals surface area contributed by atoms with E-state index < -0.39 is 0 Å². The molecule has 4 heteroatoms. The van der Waals surface area contributed by atoms with Crippen LogP contribution in [0.25, 0.3) is 0 Å². The van der Waals surface area contributed by atoms with E-state index in [9.17, 15) is 0 Å². The van der Waals surface area contributed by atoms with Crippen molar-refractivity contribution in [3.63, 3.8) is 0 Å². The van der Waals surface area contributed by atoms with Crippen LogP contribution in [0.15, 0.2) is 18.2 Å². The molecule has 0 fully saturated rings. The molecule has 98 valence electrons. The van der Waals surface area contributed by atoms with Gasteiger partial charge in [0.15, 0.2) is 0 Å². The molecule has 0 aromatic heterocycles. The summed E-state index contributed by atoms with van der Waals surface area (Å²) in [7, 11) is 1.99. The molecule has 1 rings (SSSR count). The molecule has 0 amide bonds. The maximum absolute atomic E-state index is 8.79. The molecule has 1 aromatic rings. The summed E-state index contributed by atoms with van der Waals surface area (Å²) >= 11 is 6.16. The lowest BCUT2D eigenvalue weighted by molar-refractivity contribution is 0.466. The Bertz CT molecular complexity index is 437. The smallest absolute Gasteiger partial charge is 0.0992 e. The zero-order chi connectivity index (χ0) is 13.7. The highest BCUT2D eigenvalue weighted by molar-refractivity contribution is 6.33. The number of halogens is 1. The highest BCUT2D eigenvalue weighted by atomic mass is 35.5. The van der Waals surface area contributed by atoms with E-state index in [0.29, 0.717) is 16.5 Å². The van der Waals surface area contributed by atoms with Crippen molar-refractivity contribution < 1.29 is 0 Å². The second-order valence-corrected chi connectivity index (χ2v) is 5.30. The lowest BCUT2D eigenvalue weighted by Gasteiger charge is -2.24. The van der Waals surface area contributed by atoms with E-state index in [4.69, 9.17) is 22.6 Å². The molecule has 0 aliphatic carbocycles. The first-order valence-corrected chi connectivity index (χ1v) is 6.50. The first-order chi connectivity index (χ1) is 8.45. The number of nitrogens with zero attached hydrogens (tertiary/aromatic N) is 2. The average Bonchev–Trinajstić information content (AvgIpc) is 2.34. The lowest BCUT2D eigenvalue weighted by atomic mass is 10.0. The molecule has 3 nitrogen and oxygen atoms in total. The predicted molar refractivity (Wildman–Crippen MR) is 76.9 cm³/mol. The second kappa shape index (κ2) is 6.63. The quantitative estimate of drug-likeness (QED) is 0.890. The van der Waals surface area contributed by atoms with Gasteiger partial charge in [-0.25, -0.2) is 0 Å². The molecule has 0 saturated carbocycles. The number of hydrogen-bond acceptors (Lipinski definition) is 3. The van der Waals surface area contributed by atoms with Crippen molar-refractivity contribution in [2.45, 2.75) is 26.3 Å². The summed E-state index contributed by atoms with van der Waals surface area (Å²) in [5, 5.41) is 9.40. The Hall–Kier alpha value is -1.24. The van der Waals surface area contributed by atoms with Crippen molar-refractivity contribution in [2.24, 2.45) is 11.7 Å². The van der Waals surface area contributed by atoms with E-state index in [0.717, 1.165) is 18.7 Å². The van der Waals surface area contributed by atoms with E-state index in [1.807, 2.05) is 13.1 Å². The summed E-state index contributed by atoms with van der Waals surface area (Å²) < 4.78 is 0. The monoisotopic (exact) mass is 265 g/mol. The van der Waals surface area contributed by atoms with Crippen LogP contribution in [-0.2, 0) is 0 Å². The molecule has 0 aliphatic rings. The molecule has 0 spiro atoms. The Balaban J connectivity index is 2.67. The van der Waals surface area contributed by atoms with Gasteiger partial charge in [0.25, 0.3) is 0 Å². The molecule has 0 saturated heterocycles. The fraction of sp³-hybridized carbons (Fsp3) is 0.500. The number of anilines is 1. The van der Waals surface area contributed by atoms with Gasteiger partial charge >= 0.3 is 0 Å². The largest absolute Gasteiger partial charge is 0.373 e. The first-order valence-electron chi connectivity index (χ1n) is 6.12. The van der Waals surface area contributed by atoms with Crippen LogP contribution >= 0.6 is 11.6 Å². The lowest BCUT2D eigenvalue weighted by Crippen LogP contribution is -2.31. The Labute approximate surface area is 114 Å². The van der Waals surface area contributed by atoms with Gasteiger partial charge in [-0.05, 0) is 30.5 Å². The van der Waals surface area contributed by atoms with Crippen molar-refractivity contribution >= 4 is 17.3 Å². The van der Waals surface area contributed by atoms with Crippen LogP contribution in [0.3, 0.4) is 0 Å². The van der Waals surface area contributed by atoms with Crippen molar-refractivity contribution in [3.05, 3.63) is 28.8 Å². The first kappa shape index (κ1) is 14.8. The maximum atomic E-state index is 8.79. The third kappa shape index (κ3) is 3.90. The summed E-state index contributed by atoms with van der Waals surface area (Å²) in [4.78, 5) is 2.08. The summed E-state index contributed by atoms with van der Waals surface area (Å²) in [6.07, 6.45) is 0.921. The summed E-state index contributed by atoms with van der Waals surface area (Å²) in [5.74, 6) is 0.481. The van der Waals surface area contributed by atoms with Crippen LogP contribution in [0, 0.1) is 17.2 Å². The van der Waals surface area contributed by atoms with Gasteiger partial charge < -0.3 is 10.6 Å². The fourth-order valence-corrected chi connectivity index (χ4v) is 2.01. The van der Waals surface area contributed by atoms with Gasteiger partial charge in [0.05, 0.1) is 22.3 Å². The third-order valence-electron chi connectivity index (χ3n) is 3.14. The molecular weight excluding hydrogens is 246 g/mol. The van der Waals surface area contributed by atoms with Crippen molar-refractivity contribution in [1.82, 2.24) is 0 Å². The zero-order valence-corrected chi connectivity index (χ0v) is 11.9. The minimum Gasteiger partial charge on any atom is -0.373 e. The highest BCUT2D eigenvalue weighted by Crippen LogP contribution is 2.26. The summed E-state index contributed by atoms with van der Waals surface area (Å²) in [6.45, 7) is 5.10. The van der Waals surface area contributed by atoms with E-state index in [1.54, 1.807) is 12.1 Å². The minimum atomic E-state index is 0.199. The Morgan fingerprint density at radius 2 is 2.11 bits per heavy atom. The molecule has 0 heterocycles. The van der Waals surface area contributed by atoms with E-state index in [2.05, 4.69) is 24.8 Å². The van der Waals surface area contributed by atoms with Gasteiger partial charge in [0, 0.05) is 19.6 Å². The average molecular weight is 266 g/mol. The van der Waals surface area contributed by atoms with Gasteiger partial charge in [-0.3, -0.25) is 0 Å². The number of nitriles is 1. The molecule has 1 unspecified atom stereocenters. The minimum absolute atomic E-state index is 0.199. The number of rotatable bonds is 5. The van der Waals surface area contributed by atoms with Gasteiger partial charge in [0.1, 0.15) is 0 Å². The Kier molecular flexibility index (Phi) is 5.46. The zero-order valence-electron chi connectivity index (χ0n) is 11.2. The van der Waals surface area contributed by atoms with Crippen molar-refractivity contribution in [3.8, 4) is 6.07 Å². The van der Waals surface area contributed by atoms with Crippen molar-refractivity contribution in [1.29, 1.82) is 5.26 Å². The molecule has 2 N–H and O–H groups in total. The highest BCUT2D eigenvalue weighted by Gasteiger charge is 2.11. The van der Waals surface area contributed by atoms with Gasteiger partial charge in [-0.1, -0.05) is 25.4 Å². The van der Waals surface area contributed by atoms with E-state index >= 15 is 0 Å². The van der Waals surface area contributed by atoms with Crippen LogP contribution in [-0.4, -0.2) is 19.6 Å². The Morgan fingerprint density at radius 3 is 2.61 bits per heavy atom. The number of nitrogens with two attached hydrogens (primary N) is 1. The van der Waals surface area contributed by atoms with Crippen molar-refractivity contribution in [2.75, 3.05) is 18.5 Å². The Morgan fingerprint density at radius 1 is 1.44 bits per heavy atom. The topological polar surface area (TPSA) is 53.0 Å². The van der Waals surface area contributed by atoms with E-state index in [1.165, 1.54) is 0 Å². The maximum Gasteiger partial charge on any atom is 0.0992 e. The predicted octanol–water partition coefficient (Wildman–Crippen LogP) is 3.02. The van der Waals surface area contributed by atoms with Gasteiger partial charge in [0.2, 0.25) is 0 Å². The standard InChI is InChI=1S/C14H20ClN3/c1-10(2)13(17)6-7-18(3)14-5-4-11(9-16)8-12(14)15/h4-5,8,10,13H,6-7,17H2,1-3H3. The van der Waals surface area contributed by atoms with Crippen LogP contribution in [0.5, 0.6) is 0 Å². The number of hydrogen-bond donors (Lipinski definition) is 1. The SMILES string of the molecule is CC(C)C(N)CCN(C)c1ccc(C#N)cc1Cl. The number of benzene rings is 1. The third-order valence-corrected chi connectivity index (χ3v) is 3.44. The van der Waals surface area contributed by atoms with Crippen LogP contribution in [0.4, 0.5) is 5.69 Å². The second-order valence-electron chi connectivity index (χ2n) is 4.90. The van der Waals surface area contributed by atoms with Gasteiger partial charge in [-0.15, -0.1) is 0 Å². The molecule has 1 aromatic carbocycles. The molecular formula is C14H20ClN3. The van der Waals surface area contributed by atoms with Gasteiger partial charge in [-0.2, -0.15) is 5.26 Å². The van der Waals surface area contributed by atoms with Crippen LogP contribution in [0.1, 0.15) is 25.8 Å².